The summed E-state index contributed by atoms with van der Waals surface area (Å²) in [4.78, 5) is 59.1. The molecule has 3 aliphatic carbocycles. The van der Waals surface area contributed by atoms with E-state index >= 15 is 0 Å². The van der Waals surface area contributed by atoms with Crippen LogP contribution < -0.4 is 9.47 Å². The van der Waals surface area contributed by atoms with Crippen LogP contribution in [0.5, 0.6) is 23.0 Å². The van der Waals surface area contributed by atoms with Gasteiger partial charge in [0.05, 0.1) is 23.7 Å². The number of carbonyl (C=O) groups excluding carboxylic acids is 2. The zero-order valence-electron chi connectivity index (χ0n) is 31.6. The molecule has 4 aromatic carbocycles. The van der Waals surface area contributed by atoms with Gasteiger partial charge in [0.1, 0.15) is 23.0 Å². The lowest BCUT2D eigenvalue weighted by Gasteiger charge is -2.50. The SMILES string of the molecule is O=C(O)C1C(C(=O)N(Cc2ccc(Oc3ccccc3)cc2)C2CCCCC2)[C@H](C(=O)N(Cc2ccc(Oc3ccccc3)cc2)C2CCCCC2)[C@@H]1C(=O)O. The van der Waals surface area contributed by atoms with Crippen LogP contribution in [0.3, 0.4) is 0 Å². The average Bonchev–Trinajstić information content (AvgIpc) is 3.21. The second kappa shape index (κ2) is 17.9. The molecular formula is C46H50N2O8. The van der Waals surface area contributed by atoms with Crippen LogP contribution >= 0.6 is 0 Å². The molecular weight excluding hydrogens is 709 g/mol. The van der Waals surface area contributed by atoms with E-state index in [1.165, 1.54) is 0 Å². The van der Waals surface area contributed by atoms with E-state index in [0.717, 1.165) is 75.3 Å². The Hall–Kier alpha value is -5.64. The third-order valence-corrected chi connectivity index (χ3v) is 11.8. The summed E-state index contributed by atoms with van der Waals surface area (Å²) in [6.45, 7) is 0.417. The first-order valence-corrected chi connectivity index (χ1v) is 20.0. The van der Waals surface area contributed by atoms with E-state index in [1.807, 2.05) is 109 Å². The molecule has 7 rings (SSSR count). The molecule has 2 amide bonds. The predicted octanol–water partition coefficient (Wildman–Crippen LogP) is 8.94. The fourth-order valence-electron chi connectivity index (χ4n) is 8.89. The maximum Gasteiger partial charge on any atom is 0.308 e. The fourth-order valence-corrected chi connectivity index (χ4v) is 8.89. The van der Waals surface area contributed by atoms with Crippen molar-refractivity contribution in [1.82, 2.24) is 9.80 Å². The average molecular weight is 759 g/mol. The lowest BCUT2D eigenvalue weighted by Crippen LogP contribution is -2.65. The van der Waals surface area contributed by atoms with Crippen LogP contribution in [-0.4, -0.2) is 55.8 Å². The predicted molar refractivity (Wildman–Crippen MR) is 210 cm³/mol. The van der Waals surface area contributed by atoms with Crippen molar-refractivity contribution in [2.24, 2.45) is 23.7 Å². The molecule has 0 heterocycles. The number of aliphatic carboxylic acids is 2. The Morgan fingerprint density at radius 2 is 0.768 bits per heavy atom. The van der Waals surface area contributed by atoms with Crippen molar-refractivity contribution in [2.45, 2.75) is 89.4 Å². The second-order valence-corrected chi connectivity index (χ2v) is 15.4. The Bertz CT molecular complexity index is 1800. The number of nitrogens with zero attached hydrogens (tertiary/aromatic N) is 2. The molecule has 0 aromatic heterocycles. The van der Waals surface area contributed by atoms with Gasteiger partial charge in [0.15, 0.2) is 0 Å². The van der Waals surface area contributed by atoms with Gasteiger partial charge in [0, 0.05) is 25.2 Å². The van der Waals surface area contributed by atoms with Crippen molar-refractivity contribution in [3.63, 3.8) is 0 Å². The molecule has 56 heavy (non-hydrogen) atoms. The number of carboxylic acid groups (broad SMARTS) is 2. The first-order valence-electron chi connectivity index (χ1n) is 20.0. The highest BCUT2D eigenvalue weighted by Gasteiger charge is 2.65. The molecule has 4 atom stereocenters. The molecule has 2 N–H and O–H groups in total. The summed E-state index contributed by atoms with van der Waals surface area (Å²) in [5, 5.41) is 20.9. The largest absolute Gasteiger partial charge is 0.481 e. The summed E-state index contributed by atoms with van der Waals surface area (Å²) in [6, 6.07) is 33.5. The molecule has 10 nitrogen and oxygen atoms in total. The lowest BCUT2D eigenvalue weighted by molar-refractivity contribution is -0.189. The van der Waals surface area contributed by atoms with Crippen molar-refractivity contribution in [3.05, 3.63) is 120 Å². The molecule has 3 aliphatic rings. The fraction of sp³-hybridized carbons (Fsp3) is 0.391. The van der Waals surface area contributed by atoms with Gasteiger partial charge in [-0.1, -0.05) is 99.2 Å². The molecule has 0 aliphatic heterocycles. The number of para-hydroxylation sites is 2. The Kier molecular flexibility index (Phi) is 12.3. The Balaban J connectivity index is 1.16. The molecule has 4 aromatic rings. The molecule has 0 radical (unpaired) electrons. The smallest absolute Gasteiger partial charge is 0.308 e. The van der Waals surface area contributed by atoms with Gasteiger partial charge in [0.25, 0.3) is 0 Å². The molecule has 3 saturated carbocycles. The number of benzene rings is 4. The van der Waals surface area contributed by atoms with Gasteiger partial charge >= 0.3 is 11.9 Å². The molecule has 2 unspecified atom stereocenters. The highest BCUT2D eigenvalue weighted by atomic mass is 16.5. The van der Waals surface area contributed by atoms with E-state index in [4.69, 9.17) is 9.47 Å². The summed E-state index contributed by atoms with van der Waals surface area (Å²) in [7, 11) is 0. The second-order valence-electron chi connectivity index (χ2n) is 15.4. The van der Waals surface area contributed by atoms with Crippen molar-refractivity contribution in [3.8, 4) is 23.0 Å². The number of amides is 2. The van der Waals surface area contributed by atoms with Gasteiger partial charge < -0.3 is 29.5 Å². The molecule has 0 bridgehead atoms. The normalized spacial score (nSPS) is 21.3. The standard InChI is InChI=1S/C46H50N2O8/c49-43(47(33-13-5-1-6-14-33)29-31-21-25-37(26-22-31)55-35-17-9-3-10-18-35)39-40(42(46(53)54)41(39)45(51)52)44(50)48(34-15-7-2-8-16-34)30-32-23-27-38(28-24-32)56-36-19-11-4-12-20-36/h3-4,9-12,17-28,33-34,39-42H,1-2,5-8,13-16,29-30H2,(H,51,52)(H,53,54)/t39-,40?,41-,42?/m0/s1. The molecule has 0 spiro atoms. The first kappa shape index (κ1) is 38.6. The summed E-state index contributed by atoms with van der Waals surface area (Å²) in [5.74, 6) is -6.66. The van der Waals surface area contributed by atoms with Gasteiger partial charge in [0.2, 0.25) is 11.8 Å². The highest BCUT2D eigenvalue weighted by Crippen LogP contribution is 2.50. The van der Waals surface area contributed by atoms with E-state index in [9.17, 15) is 29.4 Å². The minimum absolute atomic E-state index is 0.156. The number of carbonyl (C=O) groups is 4. The lowest BCUT2D eigenvalue weighted by atomic mass is 9.55. The third-order valence-electron chi connectivity index (χ3n) is 11.8. The van der Waals surface area contributed by atoms with E-state index in [1.54, 1.807) is 9.80 Å². The summed E-state index contributed by atoms with van der Waals surface area (Å²) in [6.07, 6.45) is 8.81. The minimum atomic E-state index is -1.52. The highest BCUT2D eigenvalue weighted by molar-refractivity contribution is 6.00. The number of ether oxygens (including phenoxy) is 2. The number of hydrogen-bond donors (Lipinski definition) is 2. The van der Waals surface area contributed by atoms with Crippen molar-refractivity contribution < 1.29 is 38.9 Å². The van der Waals surface area contributed by atoms with Gasteiger partial charge in [-0.05, 0) is 85.3 Å². The van der Waals surface area contributed by atoms with Crippen LogP contribution in [0.2, 0.25) is 0 Å². The van der Waals surface area contributed by atoms with Gasteiger partial charge in [-0.2, -0.15) is 0 Å². The molecule has 0 saturated heterocycles. The summed E-state index contributed by atoms with van der Waals surface area (Å²) in [5.41, 5.74) is 1.66. The maximum atomic E-state index is 14.9. The molecule has 292 valence electrons. The van der Waals surface area contributed by atoms with Crippen molar-refractivity contribution in [2.75, 3.05) is 0 Å². The quantitative estimate of drug-likeness (QED) is 0.130. The van der Waals surface area contributed by atoms with Crippen LogP contribution in [0, 0.1) is 23.7 Å². The zero-order valence-corrected chi connectivity index (χ0v) is 31.6. The minimum Gasteiger partial charge on any atom is -0.481 e. The van der Waals surface area contributed by atoms with E-state index < -0.39 is 47.4 Å². The molecule has 3 fully saturated rings. The van der Waals surface area contributed by atoms with Gasteiger partial charge in [-0.15, -0.1) is 0 Å². The Morgan fingerprint density at radius 3 is 1.09 bits per heavy atom. The monoisotopic (exact) mass is 758 g/mol. The van der Waals surface area contributed by atoms with Gasteiger partial charge in [-0.25, -0.2) is 0 Å². The number of hydrogen-bond acceptors (Lipinski definition) is 6. The van der Waals surface area contributed by atoms with E-state index in [-0.39, 0.29) is 25.2 Å². The third kappa shape index (κ3) is 8.91. The van der Waals surface area contributed by atoms with Crippen LogP contribution in [0.1, 0.15) is 75.3 Å². The summed E-state index contributed by atoms with van der Waals surface area (Å²) >= 11 is 0. The number of carboxylic acids is 2. The van der Waals surface area contributed by atoms with E-state index in [2.05, 4.69) is 0 Å². The molecule has 10 heteroatoms. The topological polar surface area (TPSA) is 134 Å². The Labute approximate surface area is 328 Å². The van der Waals surface area contributed by atoms with E-state index in [0.29, 0.717) is 23.0 Å². The van der Waals surface area contributed by atoms with Crippen molar-refractivity contribution in [1.29, 1.82) is 0 Å². The van der Waals surface area contributed by atoms with Crippen LogP contribution in [0.4, 0.5) is 0 Å². The van der Waals surface area contributed by atoms with Crippen LogP contribution in [0.15, 0.2) is 109 Å². The van der Waals surface area contributed by atoms with Crippen LogP contribution in [-0.2, 0) is 32.3 Å². The zero-order chi connectivity index (χ0) is 39.0. The number of rotatable bonds is 14. The summed E-state index contributed by atoms with van der Waals surface area (Å²) < 4.78 is 12.0. The Morgan fingerprint density at radius 1 is 0.446 bits per heavy atom. The van der Waals surface area contributed by atoms with Gasteiger partial charge in [-0.3, -0.25) is 19.2 Å². The maximum absolute atomic E-state index is 14.9. The first-order chi connectivity index (χ1) is 27.3. The van der Waals surface area contributed by atoms with Crippen LogP contribution in [0.25, 0.3) is 0 Å². The van der Waals surface area contributed by atoms with Crippen molar-refractivity contribution >= 4 is 23.8 Å².